The van der Waals surface area contributed by atoms with Crippen molar-refractivity contribution in [1.29, 1.82) is 0 Å². The number of hydrogen-bond acceptors (Lipinski definition) is 6. The predicted molar refractivity (Wildman–Crippen MR) is 263 cm³/mol. The number of aliphatic hydroxyl groups is 1. The van der Waals surface area contributed by atoms with E-state index in [-0.39, 0.29) is 36.6 Å². The Bertz CT molecular complexity index is 2510. The van der Waals surface area contributed by atoms with Crippen molar-refractivity contribution in [3.05, 3.63) is 90.1 Å². The molecule has 0 amide bonds. The van der Waals surface area contributed by atoms with Gasteiger partial charge in [-0.1, -0.05) is 105 Å². The van der Waals surface area contributed by atoms with E-state index in [0.717, 1.165) is 98.1 Å². The summed E-state index contributed by atoms with van der Waals surface area (Å²) in [5, 5.41) is 19.1. The molecule has 0 radical (unpaired) electrons. The molecule has 1 aliphatic carbocycles. The van der Waals surface area contributed by atoms with Crippen LogP contribution in [0.2, 0.25) is 0 Å². The van der Waals surface area contributed by atoms with E-state index in [1.54, 1.807) is 0 Å². The van der Waals surface area contributed by atoms with E-state index in [0.29, 0.717) is 11.6 Å². The van der Waals surface area contributed by atoms with Crippen LogP contribution in [-0.2, 0) is 25.5 Å². The zero-order chi connectivity index (χ0) is 46.4. The Morgan fingerprint density at radius 3 is 2.16 bits per heavy atom. The minimum Gasteiger partial charge on any atom is -0.510 e. The van der Waals surface area contributed by atoms with Gasteiger partial charge >= 0.3 is 11.9 Å². The van der Waals surface area contributed by atoms with Gasteiger partial charge in [0.1, 0.15) is 18.3 Å². The third-order valence-corrected chi connectivity index (χ3v) is 14.8. The number of methoxy groups -OCH3 is 1. The molecule has 6 atom stereocenters. The largest absolute Gasteiger partial charge is 0.510 e. The first-order valence-corrected chi connectivity index (χ1v) is 24.4. The van der Waals surface area contributed by atoms with Crippen LogP contribution in [0, 0.1) is 56.3 Å². The van der Waals surface area contributed by atoms with Gasteiger partial charge in [0, 0.05) is 56.6 Å². The number of allylic oxidation sites excluding steroid dienone is 2. The Kier molecular flexibility index (Phi) is 16.2. The van der Waals surface area contributed by atoms with Crippen molar-refractivity contribution in [2.45, 2.75) is 152 Å². The molecule has 5 N–H and O–H groups in total. The molecule has 1 unspecified atom stereocenters. The standard InChI is InChI=1S/C55H78N4O5/c1-13-39-35(8)42-28-44-37(10)41(24-25-48(60)64-27-26-34(7)23-17-22-33(6)21-16-20-32(5)19-15-18-31(3)4)52(58-44)50-51(55(62)63-12)54(61)49-38(11)45(59-53(49)50)30-47-40(14-2)36(9)43(57-47)29-46(39)56-42/h13,26,28-33,37,41,51-52,56-59,61H,1,14-25,27H2,2-12H3/b34-26+,43-29-,44-28-,47-30?/t32-,33-,37+,41+,51-,52?/m1/s1. The number of H-pyrrole nitrogens is 3. The molecule has 9 nitrogen and oxygen atoms in total. The van der Waals surface area contributed by atoms with Crippen LogP contribution in [0.1, 0.15) is 164 Å². The van der Waals surface area contributed by atoms with E-state index in [4.69, 9.17) is 9.47 Å². The maximum atomic E-state index is 13.7. The maximum absolute atomic E-state index is 13.7. The zero-order valence-electron chi connectivity index (χ0n) is 40.9. The molecule has 2 aliphatic heterocycles. The lowest BCUT2D eigenvalue weighted by molar-refractivity contribution is -0.143. The fourth-order valence-electron chi connectivity index (χ4n) is 10.7. The fraction of sp³-hybridized carbons (Fsp3) is 0.564. The Labute approximate surface area is 382 Å². The molecule has 3 aliphatic rings. The fourth-order valence-corrected chi connectivity index (χ4v) is 10.7. The highest BCUT2D eigenvalue weighted by Crippen LogP contribution is 2.42. The minimum atomic E-state index is -0.994. The van der Waals surface area contributed by atoms with Crippen molar-refractivity contribution in [2.24, 2.45) is 35.5 Å². The van der Waals surface area contributed by atoms with Crippen LogP contribution in [0.3, 0.4) is 0 Å². The molecular weight excluding hydrogens is 797 g/mol. The average molecular weight is 875 g/mol. The Morgan fingerprint density at radius 2 is 1.50 bits per heavy atom. The van der Waals surface area contributed by atoms with Crippen molar-refractivity contribution in [1.82, 2.24) is 20.3 Å². The van der Waals surface area contributed by atoms with Crippen molar-refractivity contribution < 1.29 is 24.2 Å². The second-order valence-corrected chi connectivity index (χ2v) is 19.9. The summed E-state index contributed by atoms with van der Waals surface area (Å²) in [5.74, 6) is 0.433. The summed E-state index contributed by atoms with van der Waals surface area (Å²) in [4.78, 5) is 38.2. The number of esters is 2. The molecule has 0 saturated carbocycles. The highest BCUT2D eigenvalue weighted by atomic mass is 16.5. The first-order valence-electron chi connectivity index (χ1n) is 24.4. The van der Waals surface area contributed by atoms with Gasteiger partial charge in [0.2, 0.25) is 0 Å². The van der Waals surface area contributed by atoms with Gasteiger partial charge in [0.05, 0.1) is 18.5 Å². The molecule has 8 bridgehead atoms. The molecule has 0 aromatic carbocycles. The number of aromatic amines is 3. The highest BCUT2D eigenvalue weighted by molar-refractivity contribution is 5.95. The summed E-state index contributed by atoms with van der Waals surface area (Å²) in [7, 11) is 1.36. The first-order chi connectivity index (χ1) is 30.6. The van der Waals surface area contributed by atoms with Gasteiger partial charge in [-0.2, -0.15) is 0 Å². The topological polar surface area (TPSA) is 132 Å². The van der Waals surface area contributed by atoms with Crippen LogP contribution < -0.4 is 26.6 Å². The van der Waals surface area contributed by atoms with E-state index in [2.05, 4.69) is 113 Å². The molecule has 64 heavy (non-hydrogen) atoms. The molecule has 348 valence electrons. The third-order valence-electron chi connectivity index (χ3n) is 14.8. The van der Waals surface area contributed by atoms with Crippen LogP contribution in [0.4, 0.5) is 0 Å². The van der Waals surface area contributed by atoms with Gasteiger partial charge in [-0.25, -0.2) is 0 Å². The summed E-state index contributed by atoms with van der Waals surface area (Å²) in [5.41, 5.74) is 11.1. The lowest BCUT2D eigenvalue weighted by Gasteiger charge is -2.26. The van der Waals surface area contributed by atoms with Crippen LogP contribution >= 0.6 is 0 Å². The van der Waals surface area contributed by atoms with E-state index < -0.39 is 17.9 Å². The smallest absolute Gasteiger partial charge is 0.320 e. The SMILES string of the molecule is C=Cc1c2[nH]c(c1C)/C=C1\NC(C3=c4[nH]c(c(C)c4=C(O)[C@@H]3C(=O)OC)C=c3[nH]/c(c(C)c3CC)=C\2)[C@@H](CCC(=O)OC/C=C(\C)CCC[C@H](C)CCC[C@H](C)CCCC(C)C)[C@@H]1C. The number of aromatic nitrogens is 3. The average Bonchev–Trinajstić information content (AvgIpc) is 3.99. The number of rotatable bonds is 20. The van der Waals surface area contributed by atoms with E-state index in [1.807, 2.05) is 13.0 Å². The molecule has 5 heterocycles. The second kappa shape index (κ2) is 21.4. The number of ether oxygens (including phenoxy) is 2. The lowest BCUT2D eigenvalue weighted by atomic mass is 9.80. The van der Waals surface area contributed by atoms with Crippen molar-refractivity contribution >= 4 is 47.6 Å². The summed E-state index contributed by atoms with van der Waals surface area (Å²) in [6, 6.07) is -0.395. The van der Waals surface area contributed by atoms with Crippen molar-refractivity contribution in [2.75, 3.05) is 13.7 Å². The summed E-state index contributed by atoms with van der Waals surface area (Å²) in [6.07, 6.45) is 23.3. The van der Waals surface area contributed by atoms with Gasteiger partial charge in [-0.3, -0.25) is 9.59 Å². The summed E-state index contributed by atoms with van der Waals surface area (Å²) < 4.78 is 11.2. The van der Waals surface area contributed by atoms with Crippen LogP contribution in [-0.4, -0.2) is 51.8 Å². The summed E-state index contributed by atoms with van der Waals surface area (Å²) in [6.45, 7) is 26.6. The molecule has 3 aromatic rings. The Balaban J connectivity index is 1.21. The highest BCUT2D eigenvalue weighted by Gasteiger charge is 2.47. The molecule has 1 saturated heterocycles. The van der Waals surface area contributed by atoms with Gasteiger partial charge in [-0.05, 0) is 129 Å². The summed E-state index contributed by atoms with van der Waals surface area (Å²) >= 11 is 0. The zero-order valence-corrected chi connectivity index (χ0v) is 40.9. The number of nitrogens with one attached hydrogen (secondary N) is 4. The second-order valence-electron chi connectivity index (χ2n) is 19.9. The van der Waals surface area contributed by atoms with E-state index >= 15 is 0 Å². The quantitative estimate of drug-likeness (QED) is 0.0568. The number of fused-ring (bicyclic) bond motifs is 8. The van der Waals surface area contributed by atoms with Crippen molar-refractivity contribution in [3.63, 3.8) is 0 Å². The monoisotopic (exact) mass is 875 g/mol. The number of carbonyl (C=O) groups is 2. The maximum Gasteiger partial charge on any atom is 0.320 e. The van der Waals surface area contributed by atoms with Crippen LogP contribution in [0.15, 0.2) is 23.9 Å². The Morgan fingerprint density at radius 1 is 0.844 bits per heavy atom. The molecule has 6 rings (SSSR count). The Hall–Kier alpha value is -4.92. The van der Waals surface area contributed by atoms with Crippen LogP contribution in [0.25, 0.3) is 35.6 Å². The molecule has 1 fully saturated rings. The molecular formula is C55H78N4O5. The molecule has 3 aromatic heterocycles. The van der Waals surface area contributed by atoms with Crippen LogP contribution in [0.5, 0.6) is 0 Å². The van der Waals surface area contributed by atoms with Gasteiger partial charge in [0.15, 0.2) is 0 Å². The van der Waals surface area contributed by atoms with Gasteiger partial charge in [0.25, 0.3) is 0 Å². The van der Waals surface area contributed by atoms with E-state index in [9.17, 15) is 14.7 Å². The van der Waals surface area contributed by atoms with E-state index in [1.165, 1.54) is 68.8 Å². The van der Waals surface area contributed by atoms with Gasteiger partial charge in [-0.15, -0.1) is 0 Å². The minimum absolute atomic E-state index is 0.0153. The van der Waals surface area contributed by atoms with Crippen molar-refractivity contribution in [3.8, 4) is 0 Å². The predicted octanol–water partition coefficient (Wildman–Crippen LogP) is 9.37. The number of carbonyl (C=O) groups excluding carboxylic acids is 2. The number of hydrogen-bond donors (Lipinski definition) is 5. The lowest BCUT2D eigenvalue weighted by Crippen LogP contribution is -2.38. The molecule has 0 spiro atoms. The molecule has 9 heteroatoms. The van der Waals surface area contributed by atoms with Gasteiger partial charge < -0.3 is 34.8 Å². The normalized spacial score (nSPS) is 21.5. The number of aliphatic hydroxyl groups excluding tert-OH is 1. The first kappa shape index (κ1) is 48.5. The third kappa shape index (κ3) is 10.6.